The van der Waals surface area contributed by atoms with Gasteiger partial charge in [-0.2, -0.15) is 0 Å². The summed E-state index contributed by atoms with van der Waals surface area (Å²) in [6, 6.07) is 7.73. The third-order valence-corrected chi connectivity index (χ3v) is 6.39. The van der Waals surface area contributed by atoms with Gasteiger partial charge in [0.25, 0.3) is 11.8 Å². The van der Waals surface area contributed by atoms with Crippen LogP contribution < -0.4 is 20.4 Å². The van der Waals surface area contributed by atoms with Crippen molar-refractivity contribution < 1.29 is 9.59 Å². The Kier molecular flexibility index (Phi) is 5.13. The number of anilines is 3. The second-order valence-electron chi connectivity index (χ2n) is 7.65. The second-order valence-corrected chi connectivity index (χ2v) is 8.49. The Morgan fingerprint density at radius 1 is 1.23 bits per heavy atom. The summed E-state index contributed by atoms with van der Waals surface area (Å²) in [6.45, 7) is 6.01. The van der Waals surface area contributed by atoms with Crippen molar-refractivity contribution in [1.82, 2.24) is 15.3 Å². The van der Waals surface area contributed by atoms with Crippen LogP contribution in [-0.4, -0.2) is 48.0 Å². The fourth-order valence-corrected chi connectivity index (χ4v) is 4.75. The Morgan fingerprint density at radius 3 is 2.90 bits per heavy atom. The smallest absolute Gasteiger partial charge is 0.275 e. The van der Waals surface area contributed by atoms with Crippen molar-refractivity contribution in [2.75, 3.05) is 41.3 Å². The first-order chi connectivity index (χ1) is 15.1. The van der Waals surface area contributed by atoms with E-state index in [0.29, 0.717) is 22.9 Å². The van der Waals surface area contributed by atoms with E-state index in [1.165, 1.54) is 11.3 Å². The molecule has 0 saturated carbocycles. The van der Waals surface area contributed by atoms with Crippen molar-refractivity contribution in [2.24, 2.45) is 0 Å². The lowest BCUT2D eigenvalue weighted by molar-refractivity contribution is 0.0991. The van der Waals surface area contributed by atoms with Crippen LogP contribution in [-0.2, 0) is 6.54 Å². The van der Waals surface area contributed by atoms with E-state index in [4.69, 9.17) is 0 Å². The number of benzene rings is 1. The number of rotatable bonds is 4. The first kappa shape index (κ1) is 19.7. The molecule has 2 amide bonds. The molecule has 3 aromatic rings. The van der Waals surface area contributed by atoms with E-state index in [-0.39, 0.29) is 17.5 Å². The van der Waals surface area contributed by atoms with Crippen LogP contribution >= 0.6 is 11.3 Å². The highest BCUT2D eigenvalue weighted by atomic mass is 32.1. The highest BCUT2D eigenvalue weighted by Crippen LogP contribution is 2.32. The summed E-state index contributed by atoms with van der Waals surface area (Å²) in [5.41, 5.74) is 4.69. The SMILES string of the molecule is Cc1ccc2c(c1)CN(c1nc(C(=O)Nc3cnccc3N3CCNCC3)cs1)C2=O. The minimum absolute atomic E-state index is 0.0791. The molecule has 1 saturated heterocycles. The maximum atomic E-state index is 12.9. The zero-order valence-electron chi connectivity index (χ0n) is 17.1. The van der Waals surface area contributed by atoms with Crippen LogP contribution in [0.3, 0.4) is 0 Å². The minimum atomic E-state index is -0.313. The maximum Gasteiger partial charge on any atom is 0.275 e. The number of fused-ring (bicyclic) bond motifs is 1. The third kappa shape index (κ3) is 3.77. The molecular weight excluding hydrogens is 412 g/mol. The molecule has 1 aromatic carbocycles. The number of hydrogen-bond acceptors (Lipinski definition) is 7. The largest absolute Gasteiger partial charge is 0.367 e. The summed E-state index contributed by atoms with van der Waals surface area (Å²) in [5, 5.41) is 8.48. The molecule has 1 fully saturated rings. The number of nitrogens with one attached hydrogen (secondary N) is 2. The van der Waals surface area contributed by atoms with E-state index in [1.807, 2.05) is 31.2 Å². The molecular formula is C22H22N6O2S. The Balaban J connectivity index is 1.33. The summed E-state index contributed by atoms with van der Waals surface area (Å²) in [4.78, 5) is 38.1. The van der Waals surface area contributed by atoms with Crippen molar-refractivity contribution in [3.63, 3.8) is 0 Å². The Morgan fingerprint density at radius 2 is 2.06 bits per heavy atom. The standard InChI is InChI=1S/C22H22N6O2S/c1-14-2-3-16-15(10-14)12-28(21(16)30)22-26-18(13-31-22)20(29)25-17-11-24-5-4-19(17)27-8-6-23-7-9-27/h2-5,10-11,13,23H,6-9,12H2,1H3,(H,25,29). The topological polar surface area (TPSA) is 90.5 Å². The van der Waals surface area contributed by atoms with Gasteiger partial charge in [0, 0.05) is 43.3 Å². The molecule has 2 aliphatic rings. The van der Waals surface area contributed by atoms with Gasteiger partial charge in [0.1, 0.15) is 5.69 Å². The zero-order chi connectivity index (χ0) is 21.4. The van der Waals surface area contributed by atoms with E-state index in [0.717, 1.165) is 43.0 Å². The van der Waals surface area contributed by atoms with Crippen LogP contribution in [0, 0.1) is 6.92 Å². The summed E-state index contributed by atoms with van der Waals surface area (Å²) in [6.07, 6.45) is 3.39. The van der Waals surface area contributed by atoms with Gasteiger partial charge in [0.15, 0.2) is 5.13 Å². The number of piperazine rings is 1. The van der Waals surface area contributed by atoms with Crippen molar-refractivity contribution in [3.05, 3.63) is 64.4 Å². The van der Waals surface area contributed by atoms with Crippen molar-refractivity contribution in [3.8, 4) is 0 Å². The minimum Gasteiger partial charge on any atom is -0.367 e. The number of carbonyl (C=O) groups is 2. The third-order valence-electron chi connectivity index (χ3n) is 5.52. The van der Waals surface area contributed by atoms with Gasteiger partial charge in [-0.15, -0.1) is 11.3 Å². The highest BCUT2D eigenvalue weighted by molar-refractivity contribution is 7.14. The quantitative estimate of drug-likeness (QED) is 0.656. The van der Waals surface area contributed by atoms with E-state index in [2.05, 4.69) is 25.5 Å². The van der Waals surface area contributed by atoms with Gasteiger partial charge >= 0.3 is 0 Å². The van der Waals surface area contributed by atoms with Gasteiger partial charge in [-0.25, -0.2) is 4.98 Å². The lowest BCUT2D eigenvalue weighted by Crippen LogP contribution is -2.43. The van der Waals surface area contributed by atoms with E-state index < -0.39 is 0 Å². The first-order valence-corrected chi connectivity index (χ1v) is 11.1. The number of carbonyl (C=O) groups excluding carboxylic acids is 2. The van der Waals surface area contributed by atoms with E-state index >= 15 is 0 Å². The molecule has 9 heteroatoms. The molecule has 8 nitrogen and oxygen atoms in total. The molecule has 31 heavy (non-hydrogen) atoms. The highest BCUT2D eigenvalue weighted by Gasteiger charge is 2.31. The van der Waals surface area contributed by atoms with Crippen molar-refractivity contribution in [1.29, 1.82) is 0 Å². The van der Waals surface area contributed by atoms with Gasteiger partial charge < -0.3 is 15.5 Å². The molecule has 2 aromatic heterocycles. The molecule has 0 spiro atoms. The van der Waals surface area contributed by atoms with Crippen LogP contribution in [0.4, 0.5) is 16.5 Å². The van der Waals surface area contributed by atoms with Gasteiger partial charge in [0.05, 0.1) is 24.1 Å². The Hall–Kier alpha value is -3.30. The summed E-state index contributed by atoms with van der Waals surface area (Å²) in [7, 11) is 0. The van der Waals surface area contributed by atoms with E-state index in [1.54, 1.807) is 22.7 Å². The summed E-state index contributed by atoms with van der Waals surface area (Å²) in [5.74, 6) is -0.392. The van der Waals surface area contributed by atoms with Crippen LogP contribution in [0.2, 0.25) is 0 Å². The molecule has 2 N–H and O–H groups in total. The average Bonchev–Trinajstić information content (AvgIpc) is 3.39. The van der Waals surface area contributed by atoms with Crippen LogP contribution in [0.25, 0.3) is 0 Å². The van der Waals surface area contributed by atoms with Gasteiger partial charge in [-0.3, -0.25) is 19.5 Å². The fraction of sp³-hybridized carbons (Fsp3) is 0.273. The lowest BCUT2D eigenvalue weighted by Gasteiger charge is -2.30. The lowest BCUT2D eigenvalue weighted by atomic mass is 10.1. The number of amides is 2. The Labute approximate surface area is 183 Å². The molecule has 0 aliphatic carbocycles. The zero-order valence-corrected chi connectivity index (χ0v) is 17.9. The van der Waals surface area contributed by atoms with Crippen LogP contribution in [0.5, 0.6) is 0 Å². The number of thiazole rings is 1. The number of aryl methyl sites for hydroxylation is 1. The van der Waals surface area contributed by atoms with Gasteiger partial charge in [-0.1, -0.05) is 17.7 Å². The Bertz CT molecular complexity index is 1150. The van der Waals surface area contributed by atoms with Crippen molar-refractivity contribution in [2.45, 2.75) is 13.5 Å². The monoisotopic (exact) mass is 434 g/mol. The number of nitrogens with zero attached hydrogens (tertiary/aromatic N) is 4. The molecule has 0 atom stereocenters. The molecule has 4 heterocycles. The summed E-state index contributed by atoms with van der Waals surface area (Å²) >= 11 is 1.30. The normalized spacial score (nSPS) is 15.8. The number of pyridine rings is 1. The van der Waals surface area contributed by atoms with Crippen molar-refractivity contribution >= 4 is 39.7 Å². The molecule has 0 bridgehead atoms. The van der Waals surface area contributed by atoms with Crippen LogP contribution in [0.15, 0.2) is 42.0 Å². The second kappa shape index (κ2) is 8.09. The first-order valence-electron chi connectivity index (χ1n) is 10.2. The predicted molar refractivity (Wildman–Crippen MR) is 121 cm³/mol. The molecule has 0 unspecified atom stereocenters. The molecule has 2 aliphatic heterocycles. The fourth-order valence-electron chi connectivity index (χ4n) is 3.95. The molecule has 158 valence electrons. The summed E-state index contributed by atoms with van der Waals surface area (Å²) < 4.78 is 0. The van der Waals surface area contributed by atoms with Crippen LogP contribution in [0.1, 0.15) is 32.0 Å². The molecule has 0 radical (unpaired) electrons. The number of aromatic nitrogens is 2. The number of hydrogen-bond donors (Lipinski definition) is 2. The molecule has 5 rings (SSSR count). The van der Waals surface area contributed by atoms with E-state index in [9.17, 15) is 9.59 Å². The average molecular weight is 435 g/mol. The van der Waals surface area contributed by atoms with Gasteiger partial charge in [-0.05, 0) is 24.6 Å². The maximum absolute atomic E-state index is 12.9. The predicted octanol–water partition coefficient (Wildman–Crippen LogP) is 2.67. The van der Waals surface area contributed by atoms with Gasteiger partial charge in [0.2, 0.25) is 0 Å².